The third-order valence-electron chi connectivity index (χ3n) is 3.30. The Morgan fingerprint density at radius 3 is 2.78 bits per heavy atom. The van der Waals surface area contributed by atoms with Crippen LogP contribution in [0.3, 0.4) is 0 Å². The molecule has 0 bridgehead atoms. The number of likely N-dealkylation sites (N-methyl/N-ethyl adjacent to an activating group) is 1. The number of likely N-dealkylation sites (tertiary alicyclic amines) is 1. The molecule has 98 valence electrons. The van der Waals surface area contributed by atoms with Crippen LogP contribution in [0.15, 0.2) is 23.0 Å². The zero-order chi connectivity index (χ0) is 13.0. The predicted molar refractivity (Wildman–Crippen MR) is 69.7 cm³/mol. The van der Waals surface area contributed by atoms with Crippen LogP contribution < -0.4 is 5.56 Å². The van der Waals surface area contributed by atoms with Crippen molar-refractivity contribution >= 4 is 5.91 Å². The Morgan fingerprint density at radius 1 is 1.39 bits per heavy atom. The molecule has 0 spiro atoms. The number of carbonyl (C=O) groups excluding carboxylic acids is 1. The summed E-state index contributed by atoms with van der Waals surface area (Å²) in [4.78, 5) is 29.8. The van der Waals surface area contributed by atoms with Gasteiger partial charge in [-0.05, 0) is 32.0 Å². The molecule has 5 heteroatoms. The smallest absolute Gasteiger partial charge is 0.270 e. The van der Waals surface area contributed by atoms with Gasteiger partial charge in [0.05, 0.1) is 0 Å². The Hall–Kier alpha value is -1.62. The maximum absolute atomic E-state index is 12.0. The predicted octanol–water partition coefficient (Wildman–Crippen LogP) is 0.543. The first-order valence-electron chi connectivity index (χ1n) is 6.34. The molecule has 0 unspecified atom stereocenters. The van der Waals surface area contributed by atoms with Crippen molar-refractivity contribution in [2.24, 2.45) is 0 Å². The molecule has 1 aromatic heterocycles. The van der Waals surface area contributed by atoms with Crippen molar-refractivity contribution in [3.8, 4) is 0 Å². The lowest BCUT2D eigenvalue weighted by Crippen LogP contribution is -2.36. The Balaban J connectivity index is 1.89. The van der Waals surface area contributed by atoms with Gasteiger partial charge in [0.1, 0.15) is 5.69 Å². The summed E-state index contributed by atoms with van der Waals surface area (Å²) in [6.45, 7) is 3.85. The molecule has 2 heterocycles. The van der Waals surface area contributed by atoms with E-state index in [4.69, 9.17) is 0 Å². The highest BCUT2D eigenvalue weighted by molar-refractivity contribution is 5.91. The number of amides is 1. The molecule has 0 radical (unpaired) electrons. The number of aromatic nitrogens is 1. The fourth-order valence-electron chi connectivity index (χ4n) is 2.18. The van der Waals surface area contributed by atoms with E-state index in [1.54, 1.807) is 24.1 Å². The number of hydrogen-bond acceptors (Lipinski definition) is 3. The zero-order valence-corrected chi connectivity index (χ0v) is 10.7. The van der Waals surface area contributed by atoms with Crippen molar-refractivity contribution in [2.45, 2.75) is 12.8 Å². The Kier molecular flexibility index (Phi) is 4.15. The van der Waals surface area contributed by atoms with Crippen LogP contribution in [0.4, 0.5) is 0 Å². The summed E-state index contributed by atoms with van der Waals surface area (Å²) >= 11 is 0. The number of pyridine rings is 1. The standard InChI is InChI=1S/C13H19N3O2/c1-15(9-10-16-7-2-3-8-16)13(18)11-5-4-6-12(17)14-11/h4-6H,2-3,7-10H2,1H3,(H,14,17). The summed E-state index contributed by atoms with van der Waals surface area (Å²) in [5.41, 5.74) is 0.111. The van der Waals surface area contributed by atoms with E-state index in [-0.39, 0.29) is 11.5 Å². The number of aromatic amines is 1. The second-order valence-electron chi connectivity index (χ2n) is 4.70. The van der Waals surface area contributed by atoms with Crippen LogP contribution in [0.5, 0.6) is 0 Å². The van der Waals surface area contributed by atoms with Crippen molar-refractivity contribution in [1.82, 2.24) is 14.8 Å². The molecule has 1 fully saturated rings. The Morgan fingerprint density at radius 2 is 2.11 bits per heavy atom. The van der Waals surface area contributed by atoms with Gasteiger partial charge in [0.25, 0.3) is 5.91 Å². The van der Waals surface area contributed by atoms with E-state index in [1.165, 1.54) is 18.9 Å². The minimum atomic E-state index is -0.242. The fraction of sp³-hybridized carbons (Fsp3) is 0.538. The second-order valence-corrected chi connectivity index (χ2v) is 4.70. The average Bonchev–Trinajstić information content (AvgIpc) is 2.88. The second kappa shape index (κ2) is 5.82. The van der Waals surface area contributed by atoms with Crippen molar-refractivity contribution < 1.29 is 4.79 Å². The van der Waals surface area contributed by atoms with Gasteiger partial charge in [-0.25, -0.2) is 0 Å². The minimum absolute atomic E-state index is 0.133. The molecule has 18 heavy (non-hydrogen) atoms. The van der Waals surface area contributed by atoms with Gasteiger partial charge >= 0.3 is 0 Å². The molecule has 1 aromatic rings. The first-order valence-corrected chi connectivity index (χ1v) is 6.34. The maximum atomic E-state index is 12.0. The van der Waals surface area contributed by atoms with Gasteiger partial charge < -0.3 is 14.8 Å². The first-order chi connectivity index (χ1) is 8.66. The van der Waals surface area contributed by atoms with Crippen LogP contribution >= 0.6 is 0 Å². The fourth-order valence-corrected chi connectivity index (χ4v) is 2.18. The maximum Gasteiger partial charge on any atom is 0.270 e. The zero-order valence-electron chi connectivity index (χ0n) is 10.7. The third kappa shape index (κ3) is 3.20. The van der Waals surface area contributed by atoms with Gasteiger partial charge in [-0.15, -0.1) is 0 Å². The highest BCUT2D eigenvalue weighted by atomic mass is 16.2. The summed E-state index contributed by atoms with van der Waals surface area (Å²) in [6.07, 6.45) is 2.51. The minimum Gasteiger partial charge on any atom is -0.339 e. The quantitative estimate of drug-likeness (QED) is 0.847. The lowest BCUT2D eigenvalue weighted by Gasteiger charge is -2.21. The molecule has 2 rings (SSSR count). The number of hydrogen-bond donors (Lipinski definition) is 1. The Labute approximate surface area is 106 Å². The number of carbonyl (C=O) groups is 1. The van der Waals surface area contributed by atoms with E-state index >= 15 is 0 Å². The van der Waals surface area contributed by atoms with Crippen molar-refractivity contribution in [1.29, 1.82) is 0 Å². The van der Waals surface area contributed by atoms with E-state index in [0.29, 0.717) is 12.2 Å². The number of rotatable bonds is 4. The third-order valence-corrected chi connectivity index (χ3v) is 3.30. The topological polar surface area (TPSA) is 56.4 Å². The SMILES string of the molecule is CN(CCN1CCCC1)C(=O)c1cccc(=O)[nH]1. The normalized spacial score (nSPS) is 15.8. The summed E-state index contributed by atoms with van der Waals surface area (Å²) in [6, 6.07) is 4.64. The highest BCUT2D eigenvalue weighted by Crippen LogP contribution is 2.07. The van der Waals surface area contributed by atoms with Gasteiger partial charge in [0, 0.05) is 26.2 Å². The molecular formula is C13H19N3O2. The molecule has 1 amide bonds. The Bertz CT molecular complexity index is 463. The summed E-state index contributed by atoms with van der Waals surface area (Å²) < 4.78 is 0. The molecule has 0 saturated carbocycles. The van der Waals surface area contributed by atoms with Gasteiger partial charge in [0.15, 0.2) is 0 Å². The first kappa shape index (κ1) is 12.8. The van der Waals surface area contributed by atoms with Crippen LogP contribution in [0.2, 0.25) is 0 Å². The molecule has 5 nitrogen and oxygen atoms in total. The molecule has 1 aliphatic heterocycles. The number of H-pyrrole nitrogens is 1. The van der Waals surface area contributed by atoms with Gasteiger partial charge in [-0.2, -0.15) is 0 Å². The lowest BCUT2D eigenvalue weighted by molar-refractivity contribution is 0.0776. The van der Waals surface area contributed by atoms with E-state index in [2.05, 4.69) is 9.88 Å². The summed E-state index contributed by atoms with van der Waals surface area (Å²) in [7, 11) is 1.77. The van der Waals surface area contributed by atoms with Gasteiger partial charge in [0.2, 0.25) is 5.56 Å². The number of nitrogens with zero attached hydrogens (tertiary/aromatic N) is 2. The van der Waals surface area contributed by atoms with Crippen molar-refractivity contribution in [2.75, 3.05) is 33.2 Å². The molecular weight excluding hydrogens is 230 g/mol. The molecule has 1 aliphatic rings. The molecule has 1 N–H and O–H groups in total. The van der Waals surface area contributed by atoms with Crippen LogP contribution in [-0.4, -0.2) is 53.9 Å². The van der Waals surface area contributed by atoms with E-state index < -0.39 is 0 Å². The molecule has 0 aliphatic carbocycles. The van der Waals surface area contributed by atoms with Gasteiger partial charge in [-0.3, -0.25) is 9.59 Å². The van der Waals surface area contributed by atoms with Gasteiger partial charge in [-0.1, -0.05) is 6.07 Å². The van der Waals surface area contributed by atoms with Crippen LogP contribution in [0.25, 0.3) is 0 Å². The van der Waals surface area contributed by atoms with E-state index in [1.807, 2.05) is 0 Å². The van der Waals surface area contributed by atoms with Crippen molar-refractivity contribution in [3.63, 3.8) is 0 Å². The monoisotopic (exact) mass is 249 g/mol. The van der Waals surface area contributed by atoms with Crippen LogP contribution in [0.1, 0.15) is 23.3 Å². The lowest BCUT2D eigenvalue weighted by atomic mass is 10.3. The largest absolute Gasteiger partial charge is 0.339 e. The van der Waals surface area contributed by atoms with E-state index in [0.717, 1.165) is 19.6 Å². The van der Waals surface area contributed by atoms with Crippen LogP contribution in [-0.2, 0) is 0 Å². The van der Waals surface area contributed by atoms with E-state index in [9.17, 15) is 9.59 Å². The highest BCUT2D eigenvalue weighted by Gasteiger charge is 2.15. The molecule has 0 atom stereocenters. The summed E-state index contributed by atoms with van der Waals surface area (Å²) in [5, 5.41) is 0. The van der Waals surface area contributed by atoms with Crippen molar-refractivity contribution in [3.05, 3.63) is 34.2 Å². The number of nitrogens with one attached hydrogen (secondary N) is 1. The van der Waals surface area contributed by atoms with Crippen LogP contribution in [0, 0.1) is 0 Å². The summed E-state index contributed by atoms with van der Waals surface area (Å²) in [5.74, 6) is -0.133. The molecule has 0 aromatic carbocycles. The molecule has 1 saturated heterocycles. The average molecular weight is 249 g/mol.